The summed E-state index contributed by atoms with van der Waals surface area (Å²) < 4.78 is 25.9. The highest BCUT2D eigenvalue weighted by Crippen LogP contribution is 2.15. The molecule has 0 spiro atoms. The van der Waals surface area contributed by atoms with Crippen LogP contribution >= 0.6 is 0 Å². The summed E-state index contributed by atoms with van der Waals surface area (Å²) in [6, 6.07) is 18.1. The Morgan fingerprint density at radius 2 is 1.69 bits per heavy atom. The van der Waals surface area contributed by atoms with Gasteiger partial charge in [-0.15, -0.1) is 0 Å². The number of hydrogen-bond acceptors (Lipinski definition) is 4. The minimum Gasteiger partial charge on any atom is -0.368 e. The van der Waals surface area contributed by atoms with Crippen molar-refractivity contribution in [2.45, 2.75) is 12.3 Å². The van der Waals surface area contributed by atoms with Crippen molar-refractivity contribution in [3.8, 4) is 0 Å². The van der Waals surface area contributed by atoms with Gasteiger partial charge in [0, 0.05) is 45.5 Å². The molecule has 7 nitrogen and oxygen atoms in total. The highest BCUT2D eigenvalue weighted by molar-refractivity contribution is 7.88. The number of anilines is 1. The number of hydrogen-bond donors (Lipinski definition) is 2. The van der Waals surface area contributed by atoms with Gasteiger partial charge >= 0.3 is 0 Å². The van der Waals surface area contributed by atoms with Crippen molar-refractivity contribution >= 4 is 21.7 Å². The van der Waals surface area contributed by atoms with E-state index < -0.39 is 10.0 Å². The van der Waals surface area contributed by atoms with Gasteiger partial charge in [-0.05, 0) is 30.3 Å². The van der Waals surface area contributed by atoms with Gasteiger partial charge in [0.1, 0.15) is 0 Å². The summed E-state index contributed by atoms with van der Waals surface area (Å²) in [5.74, 6) is 0.846. The van der Waals surface area contributed by atoms with E-state index >= 15 is 0 Å². The molecule has 2 N–H and O–H groups in total. The summed E-state index contributed by atoms with van der Waals surface area (Å²) in [5, 5.41) is 3.41. The minimum absolute atomic E-state index is 0.0203. The number of nitrogens with one attached hydrogen (secondary N) is 2. The summed E-state index contributed by atoms with van der Waals surface area (Å²) >= 11 is 0. The number of rotatable bonds is 6. The van der Waals surface area contributed by atoms with Crippen LogP contribution in [0, 0.1) is 0 Å². The topological polar surface area (TPSA) is 77.0 Å². The summed E-state index contributed by atoms with van der Waals surface area (Å²) in [6.07, 6.45) is 0. The lowest BCUT2D eigenvalue weighted by molar-refractivity contribution is 0.372. The molecule has 3 rings (SSSR count). The van der Waals surface area contributed by atoms with E-state index in [1.165, 1.54) is 12.7 Å². The standard InChI is InChI=1S/C21H29N5O2S/c1-22-21(26-13-11-25(12-14-26)20-9-4-3-5-10-20)24-16-18-7-6-8-19(15-18)17-29(27,28)23-2/h3-10,15,23H,11-14,16-17H2,1-2H3,(H,22,24). The van der Waals surface area contributed by atoms with E-state index in [1.807, 2.05) is 30.3 Å². The van der Waals surface area contributed by atoms with Gasteiger partial charge in [-0.1, -0.05) is 42.5 Å². The Bertz CT molecular complexity index is 923. The number of guanidine groups is 1. The molecule has 2 aromatic rings. The fourth-order valence-corrected chi connectivity index (χ4v) is 4.21. The first-order chi connectivity index (χ1) is 14.0. The monoisotopic (exact) mass is 415 g/mol. The summed E-state index contributed by atoms with van der Waals surface area (Å²) in [4.78, 5) is 9.07. The van der Waals surface area contributed by atoms with E-state index in [0.717, 1.165) is 43.3 Å². The van der Waals surface area contributed by atoms with E-state index in [4.69, 9.17) is 0 Å². The largest absolute Gasteiger partial charge is 0.368 e. The molecule has 1 saturated heterocycles. The van der Waals surface area contributed by atoms with Crippen molar-refractivity contribution in [2.24, 2.45) is 4.99 Å². The van der Waals surface area contributed by atoms with Gasteiger partial charge in [0.2, 0.25) is 10.0 Å². The number of piperazine rings is 1. The third-order valence-corrected chi connectivity index (χ3v) is 6.36. The molecule has 0 unspecified atom stereocenters. The third-order valence-electron chi connectivity index (χ3n) is 5.02. The lowest BCUT2D eigenvalue weighted by Crippen LogP contribution is -2.52. The first-order valence-electron chi connectivity index (χ1n) is 9.75. The van der Waals surface area contributed by atoms with Gasteiger partial charge < -0.3 is 15.1 Å². The van der Waals surface area contributed by atoms with Crippen molar-refractivity contribution in [1.82, 2.24) is 14.9 Å². The van der Waals surface area contributed by atoms with E-state index in [0.29, 0.717) is 6.54 Å². The van der Waals surface area contributed by atoms with Crippen LogP contribution in [0.3, 0.4) is 0 Å². The van der Waals surface area contributed by atoms with Gasteiger partial charge in [0.05, 0.1) is 5.75 Å². The van der Waals surface area contributed by atoms with E-state index in [1.54, 1.807) is 7.05 Å². The molecule has 0 amide bonds. The zero-order chi connectivity index (χ0) is 20.7. The number of benzene rings is 2. The van der Waals surface area contributed by atoms with Crippen molar-refractivity contribution in [3.05, 3.63) is 65.7 Å². The summed E-state index contributed by atoms with van der Waals surface area (Å²) in [7, 11) is -0.0513. The SMILES string of the molecule is CN=C(NCc1cccc(CS(=O)(=O)NC)c1)N1CCN(c2ccccc2)CC1. The van der Waals surface area contributed by atoms with Crippen molar-refractivity contribution in [2.75, 3.05) is 45.2 Å². The second-order valence-corrected chi connectivity index (χ2v) is 8.92. The second kappa shape index (κ2) is 9.76. The Morgan fingerprint density at radius 3 is 2.34 bits per heavy atom. The van der Waals surface area contributed by atoms with Gasteiger partial charge in [0.15, 0.2) is 5.96 Å². The zero-order valence-corrected chi connectivity index (χ0v) is 17.8. The van der Waals surface area contributed by atoms with Crippen LogP contribution in [0.1, 0.15) is 11.1 Å². The van der Waals surface area contributed by atoms with E-state index in [-0.39, 0.29) is 5.75 Å². The van der Waals surface area contributed by atoms with Crippen LogP contribution < -0.4 is 14.9 Å². The molecule has 29 heavy (non-hydrogen) atoms. The molecule has 156 valence electrons. The van der Waals surface area contributed by atoms with Crippen molar-refractivity contribution in [1.29, 1.82) is 0 Å². The molecule has 8 heteroatoms. The highest BCUT2D eigenvalue weighted by atomic mass is 32.2. The average Bonchev–Trinajstić information content (AvgIpc) is 2.75. The van der Waals surface area contributed by atoms with Crippen LogP contribution in [0.2, 0.25) is 0 Å². The first kappa shape index (κ1) is 21.1. The van der Waals surface area contributed by atoms with Crippen molar-refractivity contribution < 1.29 is 8.42 Å². The van der Waals surface area contributed by atoms with Crippen LogP contribution in [0.5, 0.6) is 0 Å². The molecule has 2 aromatic carbocycles. The number of sulfonamides is 1. The van der Waals surface area contributed by atoms with E-state index in [2.05, 4.69) is 49.1 Å². The maximum absolute atomic E-state index is 11.8. The van der Waals surface area contributed by atoms with E-state index in [9.17, 15) is 8.42 Å². The Labute approximate surface area is 173 Å². The molecular formula is C21H29N5O2S. The Kier molecular flexibility index (Phi) is 7.11. The molecule has 0 bridgehead atoms. The second-order valence-electron chi connectivity index (χ2n) is 6.99. The summed E-state index contributed by atoms with van der Waals surface area (Å²) in [6.45, 7) is 4.28. The average molecular weight is 416 g/mol. The predicted molar refractivity (Wildman–Crippen MR) is 119 cm³/mol. The number of nitrogens with zero attached hydrogens (tertiary/aromatic N) is 3. The molecule has 0 radical (unpaired) electrons. The highest BCUT2D eigenvalue weighted by Gasteiger charge is 2.19. The zero-order valence-electron chi connectivity index (χ0n) is 17.0. The molecule has 1 aliphatic rings. The Balaban J connectivity index is 1.55. The molecule has 1 aliphatic heterocycles. The molecule has 0 atom stereocenters. The molecule has 0 aliphatic carbocycles. The van der Waals surface area contributed by atoms with Crippen LogP contribution in [0.4, 0.5) is 5.69 Å². The molecule has 1 fully saturated rings. The molecule has 0 aromatic heterocycles. The predicted octanol–water partition coefficient (Wildman–Crippen LogP) is 1.63. The third kappa shape index (κ3) is 5.95. The Hall–Kier alpha value is -2.58. The quantitative estimate of drug-likeness (QED) is 0.554. The summed E-state index contributed by atoms with van der Waals surface area (Å²) in [5.41, 5.74) is 3.05. The minimum atomic E-state index is -3.28. The first-order valence-corrected chi connectivity index (χ1v) is 11.4. The van der Waals surface area contributed by atoms with Crippen LogP contribution in [-0.4, -0.2) is 59.6 Å². The fraction of sp³-hybridized carbons (Fsp3) is 0.381. The van der Waals surface area contributed by atoms with Crippen LogP contribution in [0.15, 0.2) is 59.6 Å². The van der Waals surface area contributed by atoms with Gasteiger partial charge in [0.25, 0.3) is 0 Å². The molecule has 0 saturated carbocycles. The number of aliphatic imine (C=N–C) groups is 1. The van der Waals surface area contributed by atoms with Crippen LogP contribution in [-0.2, 0) is 22.3 Å². The van der Waals surface area contributed by atoms with Gasteiger partial charge in [-0.2, -0.15) is 0 Å². The number of para-hydroxylation sites is 1. The molecule has 1 heterocycles. The smallest absolute Gasteiger partial charge is 0.215 e. The Morgan fingerprint density at radius 1 is 1.00 bits per heavy atom. The van der Waals surface area contributed by atoms with Crippen molar-refractivity contribution in [3.63, 3.8) is 0 Å². The van der Waals surface area contributed by atoms with Gasteiger partial charge in [-0.25, -0.2) is 13.1 Å². The maximum atomic E-state index is 11.8. The fourth-order valence-electron chi connectivity index (χ4n) is 3.45. The lowest BCUT2D eigenvalue weighted by atomic mass is 10.1. The normalized spacial score (nSPS) is 15.4. The maximum Gasteiger partial charge on any atom is 0.215 e. The lowest BCUT2D eigenvalue weighted by Gasteiger charge is -2.37. The van der Waals surface area contributed by atoms with Crippen LogP contribution in [0.25, 0.3) is 0 Å². The molecular weight excluding hydrogens is 386 g/mol. The van der Waals surface area contributed by atoms with Gasteiger partial charge in [-0.3, -0.25) is 4.99 Å².